The zero-order chi connectivity index (χ0) is 14.0. The summed E-state index contributed by atoms with van der Waals surface area (Å²) in [5.74, 6) is 0.513. The Bertz CT molecular complexity index is 487. The van der Waals surface area contributed by atoms with Crippen molar-refractivity contribution in [1.82, 2.24) is 25.3 Å². The molecule has 0 aliphatic heterocycles. The molecule has 0 unspecified atom stereocenters. The smallest absolute Gasteiger partial charge is 0.188 e. The summed E-state index contributed by atoms with van der Waals surface area (Å²) in [5, 5.41) is 3.11. The van der Waals surface area contributed by atoms with Crippen molar-refractivity contribution in [2.24, 2.45) is 10.7 Å². The van der Waals surface area contributed by atoms with Gasteiger partial charge in [0.25, 0.3) is 0 Å². The van der Waals surface area contributed by atoms with Gasteiger partial charge in [0.1, 0.15) is 0 Å². The number of nitrogens with two attached hydrogens (primary N) is 1. The SMILES string of the molecule is NC(=NCCCc1cnc[nH]1)NCCCc1cnc[nH]1. The summed E-state index contributed by atoms with van der Waals surface area (Å²) in [6.45, 7) is 1.54. The number of H-pyrrole nitrogens is 2. The first-order chi connectivity index (χ1) is 9.84. The molecule has 2 aromatic heterocycles. The maximum absolute atomic E-state index is 5.79. The van der Waals surface area contributed by atoms with Gasteiger partial charge in [-0.05, 0) is 25.7 Å². The van der Waals surface area contributed by atoms with Crippen LogP contribution in [-0.2, 0) is 12.8 Å². The van der Waals surface area contributed by atoms with Crippen molar-refractivity contribution in [3.8, 4) is 0 Å². The number of guanidine groups is 1. The molecule has 0 aromatic carbocycles. The van der Waals surface area contributed by atoms with E-state index in [9.17, 15) is 0 Å². The predicted octanol–water partition coefficient (Wildman–Crippen LogP) is 0.602. The van der Waals surface area contributed by atoms with E-state index in [2.05, 4.69) is 30.2 Å². The van der Waals surface area contributed by atoms with Crippen LogP contribution in [0.4, 0.5) is 0 Å². The molecule has 0 saturated carbocycles. The topological polar surface area (TPSA) is 108 Å². The fraction of sp³-hybridized carbons (Fsp3) is 0.462. The highest BCUT2D eigenvalue weighted by atomic mass is 15.1. The standard InChI is InChI=1S/C13H21N7/c14-13(17-5-1-3-11-7-15-9-19-11)18-6-2-4-12-8-16-10-20-12/h7-10H,1-6H2,(H,15,19)(H,16,20)(H3,14,17,18). The van der Waals surface area contributed by atoms with Gasteiger partial charge in [0, 0.05) is 36.9 Å². The molecule has 108 valence electrons. The molecule has 7 heteroatoms. The first-order valence-electron chi connectivity index (χ1n) is 6.83. The second kappa shape index (κ2) is 7.98. The van der Waals surface area contributed by atoms with Gasteiger partial charge in [-0.25, -0.2) is 9.97 Å². The highest BCUT2D eigenvalue weighted by Crippen LogP contribution is 1.97. The van der Waals surface area contributed by atoms with E-state index >= 15 is 0 Å². The van der Waals surface area contributed by atoms with Gasteiger partial charge in [-0.2, -0.15) is 0 Å². The normalized spacial score (nSPS) is 11.7. The summed E-state index contributed by atoms with van der Waals surface area (Å²) in [5.41, 5.74) is 8.06. The Labute approximate surface area is 118 Å². The number of nitrogens with zero attached hydrogens (tertiary/aromatic N) is 3. The molecule has 2 aromatic rings. The Hall–Kier alpha value is -2.31. The number of aliphatic imine (C=N–C) groups is 1. The van der Waals surface area contributed by atoms with Gasteiger partial charge in [-0.15, -0.1) is 0 Å². The van der Waals surface area contributed by atoms with Crippen molar-refractivity contribution in [2.45, 2.75) is 25.7 Å². The Kier molecular flexibility index (Phi) is 5.63. The lowest BCUT2D eigenvalue weighted by molar-refractivity contribution is 0.749. The summed E-state index contributed by atoms with van der Waals surface area (Å²) in [6.07, 6.45) is 10.9. The third kappa shape index (κ3) is 5.13. The Morgan fingerprint density at radius 1 is 1.10 bits per heavy atom. The highest BCUT2D eigenvalue weighted by molar-refractivity contribution is 5.77. The highest BCUT2D eigenvalue weighted by Gasteiger charge is 1.96. The number of hydrogen-bond donors (Lipinski definition) is 4. The number of aromatic nitrogens is 4. The fourth-order valence-electron chi connectivity index (χ4n) is 1.86. The van der Waals surface area contributed by atoms with Gasteiger partial charge in [0.2, 0.25) is 0 Å². The van der Waals surface area contributed by atoms with E-state index in [-0.39, 0.29) is 0 Å². The van der Waals surface area contributed by atoms with Gasteiger partial charge < -0.3 is 21.0 Å². The minimum atomic E-state index is 0.513. The van der Waals surface area contributed by atoms with Crippen molar-refractivity contribution in [3.05, 3.63) is 36.4 Å². The quantitative estimate of drug-likeness (QED) is 0.321. The molecule has 0 amide bonds. The van der Waals surface area contributed by atoms with Crippen LogP contribution in [0.25, 0.3) is 0 Å². The van der Waals surface area contributed by atoms with Gasteiger partial charge >= 0.3 is 0 Å². The molecule has 5 N–H and O–H groups in total. The van der Waals surface area contributed by atoms with E-state index < -0.39 is 0 Å². The van der Waals surface area contributed by atoms with E-state index in [0.29, 0.717) is 5.96 Å². The molecule has 7 nitrogen and oxygen atoms in total. The van der Waals surface area contributed by atoms with Crippen LogP contribution in [0.15, 0.2) is 30.0 Å². The fourth-order valence-corrected chi connectivity index (χ4v) is 1.86. The number of nitrogens with one attached hydrogen (secondary N) is 3. The molecule has 2 rings (SSSR count). The number of rotatable bonds is 8. The molecule has 0 spiro atoms. The summed E-state index contributed by atoms with van der Waals surface area (Å²) in [4.78, 5) is 18.4. The van der Waals surface area contributed by atoms with Crippen LogP contribution >= 0.6 is 0 Å². The minimum absolute atomic E-state index is 0.513. The zero-order valence-electron chi connectivity index (χ0n) is 11.5. The maximum atomic E-state index is 5.79. The average Bonchev–Trinajstić information content (AvgIpc) is 3.13. The molecule has 2 heterocycles. The van der Waals surface area contributed by atoms with Gasteiger partial charge in [0.15, 0.2) is 5.96 Å². The zero-order valence-corrected chi connectivity index (χ0v) is 11.5. The third-order valence-corrected chi connectivity index (χ3v) is 2.93. The summed E-state index contributed by atoms with van der Waals surface area (Å²) >= 11 is 0. The van der Waals surface area contributed by atoms with Crippen LogP contribution in [0.1, 0.15) is 24.2 Å². The van der Waals surface area contributed by atoms with Crippen LogP contribution in [0.5, 0.6) is 0 Å². The van der Waals surface area contributed by atoms with Crippen LogP contribution in [-0.4, -0.2) is 39.0 Å². The summed E-state index contributed by atoms with van der Waals surface area (Å²) < 4.78 is 0. The molecule has 0 fully saturated rings. The molecule has 0 saturated heterocycles. The van der Waals surface area contributed by atoms with Crippen LogP contribution in [0, 0.1) is 0 Å². The number of imidazole rings is 2. The number of hydrogen-bond acceptors (Lipinski definition) is 3. The lowest BCUT2D eigenvalue weighted by atomic mass is 10.2. The van der Waals surface area contributed by atoms with Gasteiger partial charge in [-0.3, -0.25) is 4.99 Å². The molecule has 0 radical (unpaired) electrons. The van der Waals surface area contributed by atoms with E-state index in [1.54, 1.807) is 12.7 Å². The second-order valence-electron chi connectivity index (χ2n) is 4.55. The lowest BCUT2D eigenvalue weighted by Crippen LogP contribution is -2.32. The largest absolute Gasteiger partial charge is 0.370 e. The Morgan fingerprint density at radius 3 is 2.35 bits per heavy atom. The van der Waals surface area contributed by atoms with Crippen molar-refractivity contribution in [1.29, 1.82) is 0 Å². The van der Waals surface area contributed by atoms with Gasteiger partial charge in [-0.1, -0.05) is 0 Å². The Balaban J connectivity index is 1.52. The molecule has 0 bridgehead atoms. The predicted molar refractivity (Wildman–Crippen MR) is 78.3 cm³/mol. The number of aryl methyl sites for hydroxylation is 2. The first-order valence-corrected chi connectivity index (χ1v) is 6.83. The summed E-state index contributed by atoms with van der Waals surface area (Å²) in [7, 11) is 0. The third-order valence-electron chi connectivity index (χ3n) is 2.93. The van der Waals surface area contributed by atoms with Crippen molar-refractivity contribution in [2.75, 3.05) is 13.1 Å². The lowest BCUT2D eigenvalue weighted by Gasteiger charge is -2.04. The molecular weight excluding hydrogens is 254 g/mol. The van der Waals surface area contributed by atoms with Crippen molar-refractivity contribution < 1.29 is 0 Å². The molecule has 0 aliphatic rings. The summed E-state index contributed by atoms with van der Waals surface area (Å²) in [6, 6.07) is 0. The van der Waals surface area contributed by atoms with Crippen molar-refractivity contribution in [3.63, 3.8) is 0 Å². The molecule has 0 aliphatic carbocycles. The maximum Gasteiger partial charge on any atom is 0.188 e. The monoisotopic (exact) mass is 275 g/mol. The van der Waals surface area contributed by atoms with E-state index in [1.165, 1.54) is 0 Å². The minimum Gasteiger partial charge on any atom is -0.370 e. The van der Waals surface area contributed by atoms with Crippen LogP contribution < -0.4 is 11.1 Å². The molecule has 0 atom stereocenters. The van der Waals surface area contributed by atoms with Crippen LogP contribution in [0.2, 0.25) is 0 Å². The van der Waals surface area contributed by atoms with Crippen molar-refractivity contribution >= 4 is 5.96 Å². The molecule has 20 heavy (non-hydrogen) atoms. The van der Waals surface area contributed by atoms with Crippen LogP contribution in [0.3, 0.4) is 0 Å². The average molecular weight is 275 g/mol. The van der Waals surface area contributed by atoms with E-state index in [0.717, 1.165) is 50.2 Å². The second-order valence-corrected chi connectivity index (χ2v) is 4.55. The van der Waals surface area contributed by atoms with E-state index in [4.69, 9.17) is 5.73 Å². The number of aromatic amines is 2. The Morgan fingerprint density at radius 2 is 1.75 bits per heavy atom. The first kappa shape index (κ1) is 14.1. The molecular formula is C13H21N7. The van der Waals surface area contributed by atoms with Gasteiger partial charge in [0.05, 0.1) is 12.7 Å². The van der Waals surface area contributed by atoms with E-state index in [1.807, 2.05) is 12.4 Å².